The first-order chi connectivity index (χ1) is 13.7. The first-order valence-corrected chi connectivity index (χ1v) is 12.7. The number of nitrogens with zero attached hydrogens (tertiary/aromatic N) is 2. The van der Waals surface area contributed by atoms with Crippen LogP contribution in [0.25, 0.3) is 0 Å². The van der Waals surface area contributed by atoms with Gasteiger partial charge in [-0.15, -0.1) is 0 Å². The zero-order chi connectivity index (χ0) is 20.9. The number of fused-ring (bicyclic) bond motifs is 1. The van der Waals surface area contributed by atoms with E-state index in [1.165, 1.54) is 18.3 Å². The van der Waals surface area contributed by atoms with Crippen LogP contribution < -0.4 is 15.4 Å². The van der Waals surface area contributed by atoms with Gasteiger partial charge in [0.25, 0.3) is 0 Å². The van der Waals surface area contributed by atoms with Crippen LogP contribution in [0.15, 0.2) is 46.3 Å². The number of aromatic nitrogens is 1. The van der Waals surface area contributed by atoms with Gasteiger partial charge in [0.15, 0.2) is 0 Å². The molecule has 0 radical (unpaired) electrons. The first kappa shape index (κ1) is 20.5. The first-order valence-electron chi connectivity index (χ1n) is 8.81. The van der Waals surface area contributed by atoms with Gasteiger partial charge < -0.3 is 10.2 Å². The minimum absolute atomic E-state index is 0.363. The molecule has 3 N–H and O–H groups in total. The minimum atomic E-state index is -4.60. The summed E-state index contributed by atoms with van der Waals surface area (Å²) in [6.07, 6.45) is 1.16. The standard InChI is InChI=1S/C17H19FN4O4S3/c18-12-2-1-3-13(10-12)28(23,24)17(29(19,25)26)11-14-15(27-17)4-5-21-16(14)22-8-6-20-7-9-22/h1-5,10,20H,6-9,11H2,(H2,19,25,26). The van der Waals surface area contributed by atoms with E-state index in [-0.39, 0.29) is 6.42 Å². The molecule has 3 heterocycles. The molecule has 12 heteroatoms. The Labute approximate surface area is 172 Å². The van der Waals surface area contributed by atoms with E-state index in [1.807, 2.05) is 4.90 Å². The van der Waals surface area contributed by atoms with Gasteiger partial charge in [-0.05, 0) is 24.3 Å². The molecule has 0 spiro atoms. The van der Waals surface area contributed by atoms with Crippen LogP contribution in [0.3, 0.4) is 0 Å². The van der Waals surface area contributed by atoms with Crippen molar-refractivity contribution in [3.63, 3.8) is 0 Å². The van der Waals surface area contributed by atoms with Gasteiger partial charge in [0.2, 0.25) is 23.3 Å². The maximum atomic E-state index is 13.7. The highest BCUT2D eigenvalue weighted by Gasteiger charge is 2.59. The quantitative estimate of drug-likeness (QED) is 0.686. The van der Waals surface area contributed by atoms with Gasteiger partial charge in [-0.3, -0.25) is 0 Å². The van der Waals surface area contributed by atoms with Crippen LogP contribution in [-0.2, 0) is 26.3 Å². The number of anilines is 1. The summed E-state index contributed by atoms with van der Waals surface area (Å²) in [5.41, 5.74) is 0.522. The van der Waals surface area contributed by atoms with E-state index in [2.05, 4.69) is 10.3 Å². The molecule has 1 unspecified atom stereocenters. The number of hydrogen-bond donors (Lipinski definition) is 2. The third-order valence-electron chi connectivity index (χ3n) is 5.01. The van der Waals surface area contributed by atoms with Crippen molar-refractivity contribution in [1.29, 1.82) is 0 Å². The molecule has 0 aliphatic carbocycles. The highest BCUT2D eigenvalue weighted by atomic mass is 32.3. The number of hydrogen-bond acceptors (Lipinski definition) is 8. The van der Waals surface area contributed by atoms with Crippen molar-refractivity contribution in [2.75, 3.05) is 31.1 Å². The molecule has 8 nitrogen and oxygen atoms in total. The maximum absolute atomic E-state index is 13.7. The summed E-state index contributed by atoms with van der Waals surface area (Å²) < 4.78 is 63.5. The number of sulfonamides is 1. The summed E-state index contributed by atoms with van der Waals surface area (Å²) in [7, 11) is -9.15. The van der Waals surface area contributed by atoms with Crippen molar-refractivity contribution in [1.82, 2.24) is 10.3 Å². The monoisotopic (exact) mass is 458 g/mol. The lowest BCUT2D eigenvalue weighted by molar-refractivity contribution is 0.565. The molecule has 0 amide bonds. The molecule has 1 fully saturated rings. The van der Waals surface area contributed by atoms with Crippen LogP contribution >= 0.6 is 11.8 Å². The van der Waals surface area contributed by atoms with E-state index in [0.717, 1.165) is 25.2 Å². The van der Waals surface area contributed by atoms with Crippen LogP contribution in [0.4, 0.5) is 10.2 Å². The van der Waals surface area contributed by atoms with Gasteiger partial charge in [0.1, 0.15) is 11.6 Å². The lowest BCUT2D eigenvalue weighted by atomic mass is 10.2. The Morgan fingerprint density at radius 2 is 1.90 bits per heavy atom. The molecule has 0 saturated carbocycles. The van der Waals surface area contributed by atoms with E-state index in [0.29, 0.717) is 41.1 Å². The Balaban J connectivity index is 1.86. The van der Waals surface area contributed by atoms with E-state index < -0.39 is 34.0 Å². The smallest absolute Gasteiger partial charge is 0.244 e. The molecular weight excluding hydrogens is 439 g/mol. The van der Waals surface area contributed by atoms with Crippen LogP contribution in [0.1, 0.15) is 5.56 Å². The molecule has 2 aliphatic heterocycles. The van der Waals surface area contributed by atoms with Crippen molar-refractivity contribution in [3.05, 3.63) is 47.9 Å². The Hall–Kier alpha value is -1.73. The average Bonchev–Trinajstić information content (AvgIpc) is 3.10. The highest BCUT2D eigenvalue weighted by Crippen LogP contribution is 2.54. The van der Waals surface area contributed by atoms with Crippen LogP contribution in [0.5, 0.6) is 0 Å². The summed E-state index contributed by atoms with van der Waals surface area (Å²) in [6, 6.07) is 5.87. The van der Waals surface area contributed by atoms with Crippen molar-refractivity contribution in [3.8, 4) is 0 Å². The van der Waals surface area contributed by atoms with E-state index in [9.17, 15) is 21.2 Å². The summed E-state index contributed by atoms with van der Waals surface area (Å²) in [5, 5.41) is 8.70. The number of sulfone groups is 1. The van der Waals surface area contributed by atoms with E-state index in [1.54, 1.807) is 6.07 Å². The number of nitrogens with one attached hydrogen (secondary N) is 1. The number of halogens is 1. The SMILES string of the molecule is NS(=O)(=O)C1(S(=O)(=O)c2cccc(F)c2)Cc2c(ccnc2N2CCNCC2)S1. The molecule has 4 rings (SSSR count). The average molecular weight is 459 g/mol. The summed E-state index contributed by atoms with van der Waals surface area (Å²) in [6.45, 7) is 2.79. The molecule has 2 aromatic rings. The Kier molecular flexibility index (Phi) is 5.10. The number of thioether (sulfide) groups is 1. The minimum Gasteiger partial charge on any atom is -0.354 e. The highest BCUT2D eigenvalue weighted by molar-refractivity contribution is 8.28. The second kappa shape index (κ2) is 7.20. The summed E-state index contributed by atoms with van der Waals surface area (Å²) >= 11 is 0.671. The number of nitrogens with two attached hydrogens (primary N) is 1. The lowest BCUT2D eigenvalue weighted by Gasteiger charge is -2.30. The Morgan fingerprint density at radius 3 is 2.55 bits per heavy atom. The molecule has 29 heavy (non-hydrogen) atoms. The Bertz CT molecular complexity index is 1170. The van der Waals surface area contributed by atoms with Crippen molar-refractivity contribution in [2.45, 2.75) is 19.6 Å². The summed E-state index contributed by atoms with van der Waals surface area (Å²) in [5.74, 6) is -0.226. The fourth-order valence-corrected chi connectivity index (χ4v) is 9.34. The number of benzene rings is 1. The molecule has 156 valence electrons. The van der Waals surface area contributed by atoms with Crippen LogP contribution in [0.2, 0.25) is 0 Å². The molecule has 1 aromatic carbocycles. The fraction of sp³-hybridized carbons (Fsp3) is 0.353. The molecule has 0 bridgehead atoms. The van der Waals surface area contributed by atoms with Crippen molar-refractivity contribution in [2.24, 2.45) is 5.14 Å². The normalized spacial score (nSPS) is 22.5. The van der Waals surface area contributed by atoms with Crippen molar-refractivity contribution < 1.29 is 21.2 Å². The Morgan fingerprint density at radius 1 is 1.17 bits per heavy atom. The third kappa shape index (κ3) is 3.32. The van der Waals surface area contributed by atoms with Gasteiger partial charge in [-0.2, -0.15) is 0 Å². The zero-order valence-electron chi connectivity index (χ0n) is 15.2. The molecule has 2 aliphatic rings. The zero-order valence-corrected chi connectivity index (χ0v) is 17.7. The number of rotatable bonds is 4. The van der Waals surface area contributed by atoms with Gasteiger partial charge in [-0.25, -0.2) is 31.3 Å². The van der Waals surface area contributed by atoms with Crippen molar-refractivity contribution >= 4 is 37.4 Å². The third-order valence-corrected chi connectivity index (χ3v) is 12.1. The fourth-order valence-electron chi connectivity index (χ4n) is 3.57. The molecule has 1 atom stereocenters. The van der Waals surface area contributed by atoms with Crippen LogP contribution in [0, 0.1) is 5.82 Å². The maximum Gasteiger partial charge on any atom is 0.244 e. The van der Waals surface area contributed by atoms with E-state index in [4.69, 9.17) is 5.14 Å². The lowest BCUT2D eigenvalue weighted by Crippen LogP contribution is -2.47. The molecule has 1 aromatic heterocycles. The second-order valence-electron chi connectivity index (χ2n) is 6.82. The second-order valence-corrected chi connectivity index (χ2v) is 12.9. The molecule has 1 saturated heterocycles. The van der Waals surface area contributed by atoms with Crippen LogP contribution in [-0.4, -0.2) is 51.4 Å². The predicted octanol–water partition coefficient (Wildman–Crippen LogP) is 0.695. The summed E-state index contributed by atoms with van der Waals surface area (Å²) in [4.78, 5) is 6.44. The van der Waals surface area contributed by atoms with Gasteiger partial charge >= 0.3 is 0 Å². The molecular formula is C17H19FN4O4S3. The van der Waals surface area contributed by atoms with Gasteiger partial charge in [-0.1, -0.05) is 17.8 Å². The number of pyridine rings is 1. The van der Waals surface area contributed by atoms with E-state index >= 15 is 0 Å². The largest absolute Gasteiger partial charge is 0.354 e. The number of primary sulfonamides is 1. The number of piperazine rings is 1. The topological polar surface area (TPSA) is 122 Å². The van der Waals surface area contributed by atoms with Gasteiger partial charge in [0, 0.05) is 49.3 Å². The van der Waals surface area contributed by atoms with Gasteiger partial charge in [0.05, 0.1) is 4.90 Å². The predicted molar refractivity (Wildman–Crippen MR) is 108 cm³/mol.